The number of ether oxygens (including phenoxy) is 1. The molecule has 0 heterocycles. The number of hydrogen-bond acceptors (Lipinski definition) is 7. The number of aliphatic hydroxyl groups is 4. The van der Waals surface area contributed by atoms with Crippen LogP contribution in [0.2, 0.25) is 0 Å². The zero-order valence-corrected chi connectivity index (χ0v) is 25.5. The molecule has 4 N–H and O–H groups in total. The van der Waals surface area contributed by atoms with Crippen LogP contribution in [0.1, 0.15) is 98.8 Å². The normalized spacial score (nSPS) is 22.4. The summed E-state index contributed by atoms with van der Waals surface area (Å²) in [6.07, 6.45) is 15.0. The third-order valence-corrected chi connectivity index (χ3v) is 8.30. The van der Waals surface area contributed by atoms with Crippen molar-refractivity contribution in [2.75, 3.05) is 7.11 Å². The van der Waals surface area contributed by atoms with Gasteiger partial charge in [-0.1, -0.05) is 75.6 Å². The zero-order valence-electron chi connectivity index (χ0n) is 25.5. The highest BCUT2D eigenvalue weighted by molar-refractivity contribution is 5.83. The maximum Gasteiger partial charge on any atom is 0.202 e. The largest absolute Gasteiger partial charge is 0.388 e. The lowest BCUT2D eigenvalue weighted by atomic mass is 9.80. The Balaban J connectivity index is 2.51. The van der Waals surface area contributed by atoms with E-state index in [0.29, 0.717) is 29.9 Å². The summed E-state index contributed by atoms with van der Waals surface area (Å²) in [7, 11) is 1.78. The Labute approximate surface area is 241 Å². The Morgan fingerprint density at radius 2 is 1.77 bits per heavy atom. The van der Waals surface area contributed by atoms with Gasteiger partial charge in [0.2, 0.25) is 5.79 Å². The van der Waals surface area contributed by atoms with Gasteiger partial charge in [-0.25, -0.2) is 0 Å². The van der Waals surface area contributed by atoms with Gasteiger partial charge in [-0.3, -0.25) is 9.59 Å². The van der Waals surface area contributed by atoms with Crippen LogP contribution in [0.25, 0.3) is 0 Å². The number of carbonyl (C=O) groups excluding carboxylic acids is 2. The third-order valence-electron chi connectivity index (χ3n) is 8.30. The van der Waals surface area contributed by atoms with Crippen molar-refractivity contribution in [3.05, 3.63) is 47.6 Å². The molecule has 1 aliphatic rings. The first kappa shape index (κ1) is 36.1. The van der Waals surface area contributed by atoms with E-state index < -0.39 is 29.7 Å². The van der Waals surface area contributed by atoms with Crippen LogP contribution in [0, 0.1) is 17.8 Å². The van der Waals surface area contributed by atoms with Crippen molar-refractivity contribution in [3.8, 4) is 0 Å². The summed E-state index contributed by atoms with van der Waals surface area (Å²) >= 11 is 0. The molecule has 1 fully saturated rings. The lowest BCUT2D eigenvalue weighted by Crippen LogP contribution is -2.50. The van der Waals surface area contributed by atoms with E-state index in [4.69, 9.17) is 4.74 Å². The average molecular weight is 563 g/mol. The van der Waals surface area contributed by atoms with Gasteiger partial charge in [-0.15, -0.1) is 0 Å². The summed E-state index contributed by atoms with van der Waals surface area (Å²) in [6, 6.07) is 0. The SMILES string of the molecule is CC/C(C)=C/C=C/C=C/C(O)C(O)(O)C(C)C(=O)CC(O)/C(C)=C/CC(=O)CC[C@H](C)CC1CCCC(OC)C1. The highest BCUT2D eigenvalue weighted by Crippen LogP contribution is 2.32. The molecule has 0 aromatic heterocycles. The second-order valence-corrected chi connectivity index (χ2v) is 11.7. The van der Waals surface area contributed by atoms with Gasteiger partial charge in [0.25, 0.3) is 0 Å². The summed E-state index contributed by atoms with van der Waals surface area (Å²) in [4.78, 5) is 25.1. The minimum absolute atomic E-state index is 0.0885. The van der Waals surface area contributed by atoms with Gasteiger partial charge in [-0.2, -0.15) is 0 Å². The van der Waals surface area contributed by atoms with Gasteiger partial charge >= 0.3 is 0 Å². The van der Waals surface area contributed by atoms with Crippen molar-refractivity contribution in [2.24, 2.45) is 17.8 Å². The molecule has 0 bridgehead atoms. The number of aliphatic hydroxyl groups excluding tert-OH is 2. The quantitative estimate of drug-likeness (QED) is 0.101. The molecule has 1 saturated carbocycles. The molecule has 0 saturated heterocycles. The fraction of sp³-hybridized carbons (Fsp3) is 0.697. The Morgan fingerprint density at radius 1 is 1.07 bits per heavy atom. The van der Waals surface area contributed by atoms with Crippen LogP contribution in [-0.4, -0.2) is 63.2 Å². The van der Waals surface area contributed by atoms with Crippen molar-refractivity contribution in [1.82, 2.24) is 0 Å². The minimum Gasteiger partial charge on any atom is -0.388 e. The first-order chi connectivity index (χ1) is 18.8. The van der Waals surface area contributed by atoms with E-state index in [0.717, 1.165) is 32.1 Å². The lowest BCUT2D eigenvalue weighted by molar-refractivity contribution is -0.237. The highest BCUT2D eigenvalue weighted by Gasteiger charge is 2.41. The van der Waals surface area contributed by atoms with Crippen LogP contribution in [0.3, 0.4) is 0 Å². The second-order valence-electron chi connectivity index (χ2n) is 11.7. The van der Waals surface area contributed by atoms with Gasteiger partial charge < -0.3 is 25.2 Å². The van der Waals surface area contributed by atoms with E-state index in [1.54, 1.807) is 32.3 Å². The predicted octanol–water partition coefficient (Wildman–Crippen LogP) is 5.37. The lowest BCUT2D eigenvalue weighted by Gasteiger charge is -2.31. The first-order valence-corrected chi connectivity index (χ1v) is 14.9. The monoisotopic (exact) mass is 562 g/mol. The van der Waals surface area contributed by atoms with E-state index >= 15 is 0 Å². The number of carbonyl (C=O) groups is 2. The Bertz CT molecular complexity index is 898. The second kappa shape index (κ2) is 18.5. The van der Waals surface area contributed by atoms with Crippen molar-refractivity contribution in [3.63, 3.8) is 0 Å². The van der Waals surface area contributed by atoms with Crippen LogP contribution in [0.15, 0.2) is 47.6 Å². The molecule has 1 aliphatic carbocycles. The number of Topliss-reactive ketones (excluding diaryl/α,β-unsaturated/α-hetero) is 2. The van der Waals surface area contributed by atoms with Crippen molar-refractivity contribution in [1.29, 1.82) is 0 Å². The van der Waals surface area contributed by atoms with Gasteiger partial charge in [0, 0.05) is 26.4 Å². The van der Waals surface area contributed by atoms with Crippen LogP contribution in [0.4, 0.5) is 0 Å². The minimum atomic E-state index is -2.69. The molecular formula is C33H54O7. The van der Waals surface area contributed by atoms with Crippen LogP contribution >= 0.6 is 0 Å². The van der Waals surface area contributed by atoms with Gasteiger partial charge in [0.15, 0.2) is 0 Å². The summed E-state index contributed by atoms with van der Waals surface area (Å²) in [6.45, 7) is 9.18. The molecule has 0 aromatic carbocycles. The molecule has 1 rings (SSSR count). The topological polar surface area (TPSA) is 124 Å². The van der Waals surface area contributed by atoms with E-state index in [1.807, 2.05) is 19.9 Å². The third kappa shape index (κ3) is 13.2. The summed E-state index contributed by atoms with van der Waals surface area (Å²) < 4.78 is 5.52. The molecule has 0 amide bonds. The molecule has 7 heteroatoms. The maximum atomic E-state index is 12.7. The molecule has 0 aliphatic heterocycles. The summed E-state index contributed by atoms with van der Waals surface area (Å²) in [5.74, 6) is -3.43. The van der Waals surface area contributed by atoms with E-state index in [-0.39, 0.29) is 18.6 Å². The molecule has 0 radical (unpaired) electrons. The van der Waals surface area contributed by atoms with E-state index in [1.165, 1.54) is 37.5 Å². The number of ketones is 2. The smallest absolute Gasteiger partial charge is 0.202 e. The predicted molar refractivity (Wildman–Crippen MR) is 159 cm³/mol. The molecule has 40 heavy (non-hydrogen) atoms. The molecule has 228 valence electrons. The first-order valence-electron chi connectivity index (χ1n) is 14.9. The zero-order chi connectivity index (χ0) is 30.3. The standard InChI is InChI=1S/C33H54O7/c1-7-23(2)12-9-8-10-15-32(37)33(38,39)26(5)31(36)22-30(35)25(4)17-19-28(34)18-16-24(3)20-27-13-11-14-29(21-27)40-6/h8-10,12,15,17,24,26-27,29-30,32,35,37-39H,7,11,13-14,16,18-22H2,1-6H3/b9-8+,15-10+,23-12+,25-17+/t24-,26?,27?,29?,30?,32?/m0/s1. The van der Waals surface area contributed by atoms with Crippen LogP contribution in [-0.2, 0) is 14.3 Å². The average Bonchev–Trinajstić information content (AvgIpc) is 2.93. The van der Waals surface area contributed by atoms with Gasteiger partial charge in [0.1, 0.15) is 17.7 Å². The van der Waals surface area contributed by atoms with Crippen LogP contribution in [0.5, 0.6) is 0 Å². The molecule has 5 unspecified atom stereocenters. The van der Waals surface area contributed by atoms with Gasteiger partial charge in [0.05, 0.1) is 18.1 Å². The van der Waals surface area contributed by atoms with E-state index in [2.05, 4.69) is 6.92 Å². The van der Waals surface area contributed by atoms with Gasteiger partial charge in [-0.05, 0) is 63.4 Å². The fourth-order valence-corrected chi connectivity index (χ4v) is 5.01. The number of rotatable bonds is 18. The van der Waals surface area contributed by atoms with Crippen LogP contribution < -0.4 is 0 Å². The summed E-state index contributed by atoms with van der Waals surface area (Å²) in [5, 5.41) is 41.6. The number of methoxy groups -OCH3 is 1. The van der Waals surface area contributed by atoms with Crippen molar-refractivity contribution < 1.29 is 34.8 Å². The Hall–Kier alpha value is -1.90. The molecule has 0 spiro atoms. The molecule has 6 atom stereocenters. The highest BCUT2D eigenvalue weighted by atomic mass is 16.5. The molecular weight excluding hydrogens is 508 g/mol. The van der Waals surface area contributed by atoms with Crippen molar-refractivity contribution in [2.45, 2.75) is 123 Å². The number of allylic oxidation sites excluding steroid dienone is 6. The Kier molecular flexibility index (Phi) is 16.7. The maximum absolute atomic E-state index is 12.7. The summed E-state index contributed by atoms with van der Waals surface area (Å²) in [5.41, 5.74) is 1.66. The molecule has 0 aromatic rings. The van der Waals surface area contributed by atoms with E-state index in [9.17, 15) is 30.0 Å². The molecule has 7 nitrogen and oxygen atoms in total. The number of hydrogen-bond donors (Lipinski definition) is 4. The Morgan fingerprint density at radius 3 is 2.42 bits per heavy atom. The fourth-order valence-electron chi connectivity index (χ4n) is 5.01. The van der Waals surface area contributed by atoms with Crippen molar-refractivity contribution >= 4 is 11.6 Å².